The zero-order valence-corrected chi connectivity index (χ0v) is 6.90. The third-order valence-electron chi connectivity index (χ3n) is 1.81. The molecular formula is C7H9ClN2O. The normalized spacial score (nSPS) is 22.5. The molecule has 0 saturated heterocycles. The van der Waals surface area contributed by atoms with E-state index in [0.29, 0.717) is 11.1 Å². The molecule has 3 nitrogen and oxygen atoms in total. The average Bonchev–Trinajstić information content (AvgIpc) is 2.31. The molecule has 1 aromatic heterocycles. The Hall–Kier alpha value is -0.670. The molecule has 11 heavy (non-hydrogen) atoms. The van der Waals surface area contributed by atoms with Crippen LogP contribution in [0.15, 0.2) is 10.5 Å². The number of fused-ring (bicyclic) bond motifs is 1. The lowest BCUT2D eigenvalue weighted by Crippen LogP contribution is -2.30. The second kappa shape index (κ2) is 2.43. The molecule has 0 amide bonds. The van der Waals surface area contributed by atoms with E-state index in [1.807, 2.05) is 0 Å². The lowest BCUT2D eigenvalue weighted by Gasteiger charge is -2.19. The summed E-state index contributed by atoms with van der Waals surface area (Å²) in [5.41, 5.74) is 6.97. The second-order valence-electron chi connectivity index (χ2n) is 2.74. The Morgan fingerprint density at radius 1 is 1.73 bits per heavy atom. The third kappa shape index (κ3) is 1.10. The number of furan rings is 1. The van der Waals surface area contributed by atoms with Crippen LogP contribution in [0.4, 0.5) is 5.69 Å². The quantitative estimate of drug-likeness (QED) is 0.628. The Morgan fingerprint density at radius 3 is 3.27 bits per heavy atom. The van der Waals surface area contributed by atoms with Gasteiger partial charge in [-0.15, -0.1) is 0 Å². The van der Waals surface area contributed by atoms with Crippen LogP contribution in [0.25, 0.3) is 0 Å². The maximum absolute atomic E-state index is 5.68. The smallest absolute Gasteiger partial charge is 0.195 e. The summed E-state index contributed by atoms with van der Waals surface area (Å²) in [6.45, 7) is 2.96. The first kappa shape index (κ1) is 7.00. The van der Waals surface area contributed by atoms with Gasteiger partial charge in [0.15, 0.2) is 5.22 Å². The fraction of sp³-hybridized carbons (Fsp3) is 0.429. The van der Waals surface area contributed by atoms with Crippen molar-refractivity contribution in [2.45, 2.75) is 12.8 Å². The molecule has 1 aromatic rings. The number of halogens is 1. The van der Waals surface area contributed by atoms with Crippen molar-refractivity contribution >= 4 is 17.3 Å². The first-order chi connectivity index (χ1) is 5.27. The van der Waals surface area contributed by atoms with Crippen LogP contribution in [0.3, 0.4) is 0 Å². The van der Waals surface area contributed by atoms with Gasteiger partial charge in [-0.3, -0.25) is 0 Å². The highest BCUT2D eigenvalue weighted by molar-refractivity contribution is 6.29. The van der Waals surface area contributed by atoms with E-state index in [4.69, 9.17) is 16.0 Å². The van der Waals surface area contributed by atoms with E-state index in [0.717, 1.165) is 18.0 Å². The SMILES string of the molecule is CC1CNNc2cc(Cl)oc21. The van der Waals surface area contributed by atoms with Crippen molar-refractivity contribution in [3.8, 4) is 0 Å². The van der Waals surface area contributed by atoms with Crippen molar-refractivity contribution in [3.05, 3.63) is 17.0 Å². The minimum atomic E-state index is 0.388. The van der Waals surface area contributed by atoms with Crippen molar-refractivity contribution in [3.63, 3.8) is 0 Å². The molecule has 2 rings (SSSR count). The lowest BCUT2D eigenvalue weighted by atomic mass is 10.1. The molecule has 0 bridgehead atoms. The van der Waals surface area contributed by atoms with Gasteiger partial charge in [-0.2, -0.15) is 0 Å². The van der Waals surface area contributed by atoms with Gasteiger partial charge in [0.05, 0.1) is 5.69 Å². The van der Waals surface area contributed by atoms with E-state index in [-0.39, 0.29) is 0 Å². The van der Waals surface area contributed by atoms with Gasteiger partial charge in [0, 0.05) is 18.5 Å². The number of hydrogen-bond donors (Lipinski definition) is 2. The van der Waals surface area contributed by atoms with Gasteiger partial charge >= 0.3 is 0 Å². The zero-order chi connectivity index (χ0) is 7.84. The molecule has 2 heterocycles. The van der Waals surface area contributed by atoms with Gasteiger partial charge < -0.3 is 9.84 Å². The summed E-state index contributed by atoms with van der Waals surface area (Å²) in [4.78, 5) is 0. The molecule has 0 aliphatic carbocycles. The fourth-order valence-corrected chi connectivity index (χ4v) is 1.42. The number of hydrazine groups is 1. The predicted octanol–water partition coefficient (Wildman–Crippen LogP) is 1.97. The molecule has 0 saturated carbocycles. The zero-order valence-electron chi connectivity index (χ0n) is 6.15. The molecule has 1 aliphatic rings. The van der Waals surface area contributed by atoms with E-state index in [9.17, 15) is 0 Å². The molecule has 1 unspecified atom stereocenters. The Balaban J connectivity index is 2.43. The highest BCUT2D eigenvalue weighted by Gasteiger charge is 2.20. The summed E-state index contributed by atoms with van der Waals surface area (Å²) in [6.07, 6.45) is 0. The van der Waals surface area contributed by atoms with Crippen LogP contribution in [0, 0.1) is 0 Å². The van der Waals surface area contributed by atoms with E-state index >= 15 is 0 Å². The third-order valence-corrected chi connectivity index (χ3v) is 2.00. The first-order valence-electron chi connectivity index (χ1n) is 3.55. The van der Waals surface area contributed by atoms with E-state index in [1.54, 1.807) is 6.07 Å². The minimum absolute atomic E-state index is 0.388. The van der Waals surface area contributed by atoms with Crippen LogP contribution in [0.2, 0.25) is 5.22 Å². The maximum Gasteiger partial charge on any atom is 0.195 e. The molecule has 0 aromatic carbocycles. The van der Waals surface area contributed by atoms with Gasteiger partial charge in [-0.1, -0.05) is 6.92 Å². The summed E-state index contributed by atoms with van der Waals surface area (Å²) in [6, 6.07) is 1.78. The number of anilines is 1. The van der Waals surface area contributed by atoms with Gasteiger partial charge in [0.2, 0.25) is 0 Å². The molecular weight excluding hydrogens is 164 g/mol. The Morgan fingerprint density at radius 2 is 2.55 bits per heavy atom. The van der Waals surface area contributed by atoms with Crippen molar-refractivity contribution in [2.24, 2.45) is 0 Å². The second-order valence-corrected chi connectivity index (χ2v) is 3.11. The molecule has 2 N–H and O–H groups in total. The van der Waals surface area contributed by atoms with E-state index in [1.165, 1.54) is 0 Å². The van der Waals surface area contributed by atoms with Crippen molar-refractivity contribution in [1.29, 1.82) is 0 Å². The van der Waals surface area contributed by atoms with Crippen LogP contribution in [-0.2, 0) is 0 Å². The Bertz CT molecular complexity index is 271. The summed E-state index contributed by atoms with van der Waals surface area (Å²) >= 11 is 5.68. The topological polar surface area (TPSA) is 37.2 Å². The van der Waals surface area contributed by atoms with Crippen LogP contribution in [-0.4, -0.2) is 6.54 Å². The molecule has 1 aliphatic heterocycles. The van der Waals surface area contributed by atoms with Crippen molar-refractivity contribution < 1.29 is 4.42 Å². The van der Waals surface area contributed by atoms with Crippen LogP contribution in [0.5, 0.6) is 0 Å². The molecule has 60 valence electrons. The Kier molecular flexibility index (Phi) is 1.55. The summed E-state index contributed by atoms with van der Waals surface area (Å²) in [5, 5.41) is 0.443. The largest absolute Gasteiger partial charge is 0.447 e. The predicted molar refractivity (Wildman–Crippen MR) is 43.8 cm³/mol. The number of hydrogen-bond acceptors (Lipinski definition) is 3. The highest BCUT2D eigenvalue weighted by atomic mass is 35.5. The van der Waals surface area contributed by atoms with Crippen LogP contribution in [0.1, 0.15) is 18.6 Å². The van der Waals surface area contributed by atoms with Crippen LogP contribution >= 0.6 is 11.6 Å². The maximum atomic E-state index is 5.68. The van der Waals surface area contributed by atoms with Gasteiger partial charge in [0.25, 0.3) is 0 Å². The van der Waals surface area contributed by atoms with Gasteiger partial charge in [0.1, 0.15) is 5.76 Å². The lowest BCUT2D eigenvalue weighted by molar-refractivity contribution is 0.457. The van der Waals surface area contributed by atoms with Crippen molar-refractivity contribution in [2.75, 3.05) is 12.0 Å². The number of rotatable bonds is 0. The Labute approximate surface area is 69.7 Å². The molecule has 4 heteroatoms. The average molecular weight is 173 g/mol. The summed E-state index contributed by atoms with van der Waals surface area (Å²) < 4.78 is 5.28. The van der Waals surface area contributed by atoms with Crippen LogP contribution < -0.4 is 10.9 Å². The van der Waals surface area contributed by atoms with E-state index < -0.39 is 0 Å². The molecule has 1 atom stereocenters. The summed E-state index contributed by atoms with van der Waals surface area (Å²) in [5.74, 6) is 1.33. The monoisotopic (exact) mass is 172 g/mol. The first-order valence-corrected chi connectivity index (χ1v) is 3.93. The fourth-order valence-electron chi connectivity index (χ4n) is 1.23. The summed E-state index contributed by atoms with van der Waals surface area (Å²) in [7, 11) is 0. The number of nitrogens with one attached hydrogen (secondary N) is 2. The van der Waals surface area contributed by atoms with Gasteiger partial charge in [-0.05, 0) is 11.6 Å². The van der Waals surface area contributed by atoms with Crippen molar-refractivity contribution in [1.82, 2.24) is 5.43 Å². The molecule has 0 fully saturated rings. The van der Waals surface area contributed by atoms with Gasteiger partial charge in [-0.25, -0.2) is 5.43 Å². The molecule has 0 radical (unpaired) electrons. The standard InChI is InChI=1S/C7H9ClN2O/c1-4-3-9-10-5-2-6(8)11-7(4)5/h2,4,9-10H,3H2,1H3. The highest BCUT2D eigenvalue weighted by Crippen LogP contribution is 2.32. The minimum Gasteiger partial charge on any atom is -0.447 e. The van der Waals surface area contributed by atoms with E-state index in [2.05, 4.69) is 17.8 Å². The molecule has 0 spiro atoms.